The molecule has 2 heterocycles. The Hall–Kier alpha value is -3.55. The van der Waals surface area contributed by atoms with Crippen molar-refractivity contribution in [2.24, 2.45) is 0 Å². The summed E-state index contributed by atoms with van der Waals surface area (Å²) in [6.07, 6.45) is -2.60. The van der Waals surface area contributed by atoms with Gasteiger partial charge in [0.2, 0.25) is 0 Å². The first-order chi connectivity index (χ1) is 14.0. The van der Waals surface area contributed by atoms with Gasteiger partial charge in [0.05, 0.1) is 47.5 Å². The van der Waals surface area contributed by atoms with Crippen molar-refractivity contribution >= 4 is 28.2 Å². The predicted molar refractivity (Wildman–Crippen MR) is 100 cm³/mol. The number of benzene rings is 1. The number of alkyl halides is 5. The van der Waals surface area contributed by atoms with E-state index in [0.29, 0.717) is 28.2 Å². The van der Waals surface area contributed by atoms with Gasteiger partial charge >= 0.3 is 6.18 Å². The summed E-state index contributed by atoms with van der Waals surface area (Å²) < 4.78 is 67.2. The summed E-state index contributed by atoms with van der Waals surface area (Å²) in [6.45, 7) is -0.342. The van der Waals surface area contributed by atoms with Crippen LogP contribution in [0.4, 0.5) is 22.0 Å². The maximum Gasteiger partial charge on any atom is 0.419 e. The zero-order valence-electron chi connectivity index (χ0n) is 15.6. The van der Waals surface area contributed by atoms with Crippen molar-refractivity contribution in [2.45, 2.75) is 32.1 Å². The van der Waals surface area contributed by atoms with E-state index in [2.05, 4.69) is 15.3 Å². The maximum absolute atomic E-state index is 13.9. The Morgan fingerprint density at radius 3 is 2.60 bits per heavy atom. The van der Waals surface area contributed by atoms with Crippen LogP contribution in [0.15, 0.2) is 36.2 Å². The minimum atomic E-state index is -4.72. The second-order valence-electron chi connectivity index (χ2n) is 6.64. The van der Waals surface area contributed by atoms with Crippen LogP contribution in [0.5, 0.6) is 0 Å². The summed E-state index contributed by atoms with van der Waals surface area (Å²) in [4.78, 5) is 8.45. The first-order valence-electron chi connectivity index (χ1n) is 8.60. The molecule has 3 rings (SSSR count). The summed E-state index contributed by atoms with van der Waals surface area (Å²) in [5.41, 5.74) is 0.117. The molecule has 0 saturated heterocycles. The topological polar surface area (TPSA) is 90.4 Å². The van der Waals surface area contributed by atoms with Crippen LogP contribution in [0, 0.1) is 16.7 Å². The summed E-state index contributed by atoms with van der Waals surface area (Å²) in [5.74, 6) is -3.07. The SMILES string of the molecule is CC(F)(F)Cn1c(CN/C=C(\C=N)C(F)(F)F)nc2cnc3ccc(C#N)cc3c21. The van der Waals surface area contributed by atoms with Gasteiger partial charge in [-0.3, -0.25) is 4.98 Å². The molecule has 1 aromatic carbocycles. The lowest BCUT2D eigenvalue weighted by Crippen LogP contribution is -2.23. The van der Waals surface area contributed by atoms with E-state index in [1.807, 2.05) is 6.07 Å². The number of hydrogen-bond acceptors (Lipinski definition) is 5. The molecule has 30 heavy (non-hydrogen) atoms. The molecule has 0 atom stereocenters. The lowest BCUT2D eigenvalue weighted by molar-refractivity contribution is -0.0860. The van der Waals surface area contributed by atoms with E-state index in [9.17, 15) is 22.0 Å². The van der Waals surface area contributed by atoms with Crippen LogP contribution in [-0.2, 0) is 13.1 Å². The number of halogens is 5. The molecular weight excluding hydrogens is 407 g/mol. The van der Waals surface area contributed by atoms with Gasteiger partial charge in [0.1, 0.15) is 11.3 Å². The van der Waals surface area contributed by atoms with Gasteiger partial charge in [0, 0.05) is 24.7 Å². The van der Waals surface area contributed by atoms with E-state index in [0.717, 1.165) is 6.92 Å². The average Bonchev–Trinajstić information content (AvgIpc) is 3.00. The van der Waals surface area contributed by atoms with E-state index in [1.54, 1.807) is 12.1 Å². The minimum absolute atomic E-state index is 0.0611. The number of rotatable bonds is 6. The first kappa shape index (κ1) is 21.2. The molecule has 0 bridgehead atoms. The highest BCUT2D eigenvalue weighted by Crippen LogP contribution is 2.29. The summed E-state index contributed by atoms with van der Waals surface area (Å²) >= 11 is 0. The number of nitriles is 1. The number of allylic oxidation sites excluding steroid dienone is 1. The number of pyridine rings is 1. The van der Waals surface area contributed by atoms with E-state index in [4.69, 9.17) is 10.7 Å². The largest absolute Gasteiger partial charge is 0.419 e. The number of nitrogens with zero attached hydrogens (tertiary/aromatic N) is 4. The lowest BCUT2D eigenvalue weighted by atomic mass is 10.1. The van der Waals surface area contributed by atoms with Gasteiger partial charge in [0.25, 0.3) is 5.92 Å². The van der Waals surface area contributed by atoms with E-state index in [1.165, 1.54) is 16.8 Å². The number of imidazole rings is 1. The number of hydrogen-bond donors (Lipinski definition) is 2. The highest BCUT2D eigenvalue weighted by atomic mass is 19.4. The molecule has 0 spiro atoms. The molecule has 0 radical (unpaired) electrons. The normalized spacial score (nSPS) is 12.9. The summed E-state index contributed by atoms with van der Waals surface area (Å²) in [6, 6.07) is 6.60. The maximum atomic E-state index is 13.9. The van der Waals surface area contributed by atoms with E-state index in [-0.39, 0.29) is 24.1 Å². The molecule has 11 heteroatoms. The van der Waals surface area contributed by atoms with E-state index >= 15 is 0 Å². The zero-order chi connectivity index (χ0) is 22.1. The molecule has 3 aromatic rings. The Morgan fingerprint density at radius 2 is 2.00 bits per heavy atom. The van der Waals surface area contributed by atoms with Crippen molar-refractivity contribution in [3.05, 3.63) is 47.6 Å². The first-order valence-corrected chi connectivity index (χ1v) is 8.60. The number of nitrogens with one attached hydrogen (secondary N) is 2. The molecule has 6 nitrogen and oxygen atoms in total. The van der Waals surface area contributed by atoms with Crippen molar-refractivity contribution in [1.29, 1.82) is 10.7 Å². The van der Waals surface area contributed by atoms with Gasteiger partial charge in [-0.15, -0.1) is 0 Å². The van der Waals surface area contributed by atoms with Gasteiger partial charge in [0.15, 0.2) is 0 Å². The zero-order valence-corrected chi connectivity index (χ0v) is 15.6. The fraction of sp³-hybridized carbons (Fsp3) is 0.263. The van der Waals surface area contributed by atoms with E-state index < -0.39 is 24.2 Å². The van der Waals surface area contributed by atoms with Gasteiger partial charge < -0.3 is 15.3 Å². The molecule has 0 saturated carbocycles. The highest BCUT2D eigenvalue weighted by molar-refractivity contribution is 6.02. The Labute approximate surface area is 167 Å². The number of fused-ring (bicyclic) bond motifs is 3. The van der Waals surface area contributed by atoms with Crippen LogP contribution in [0.2, 0.25) is 0 Å². The smallest absolute Gasteiger partial charge is 0.383 e. The second-order valence-corrected chi connectivity index (χ2v) is 6.64. The standard InChI is InChI=1S/C19H15F5N6/c1-18(20,21)10-30-16(9-27-7-12(6-26)19(22,23)24)29-15-8-28-14-3-2-11(5-25)4-13(14)17(15)30/h2-4,6-8,26-27H,9-10H2,1H3/b12-7+,26-6?. The fourth-order valence-corrected chi connectivity index (χ4v) is 2.97. The second kappa shape index (κ2) is 7.70. The third-order valence-electron chi connectivity index (χ3n) is 4.22. The van der Waals surface area contributed by atoms with Crippen LogP contribution < -0.4 is 5.32 Å². The molecule has 0 unspecified atom stereocenters. The monoisotopic (exact) mass is 422 g/mol. The summed E-state index contributed by atoms with van der Waals surface area (Å²) in [5, 5.41) is 18.8. The van der Waals surface area contributed by atoms with Crippen molar-refractivity contribution in [3.63, 3.8) is 0 Å². The van der Waals surface area contributed by atoms with Crippen LogP contribution in [0.1, 0.15) is 18.3 Å². The van der Waals surface area contributed by atoms with Gasteiger partial charge in [-0.1, -0.05) is 0 Å². The Bertz CT molecular complexity index is 1180. The Kier molecular flexibility index (Phi) is 5.43. The Morgan fingerprint density at radius 1 is 1.27 bits per heavy atom. The molecule has 0 aliphatic heterocycles. The molecule has 0 fully saturated rings. The van der Waals surface area contributed by atoms with Gasteiger partial charge in [-0.05, 0) is 18.2 Å². The predicted octanol–water partition coefficient (Wildman–Crippen LogP) is 4.30. The minimum Gasteiger partial charge on any atom is -0.383 e. The molecule has 0 amide bonds. The third kappa shape index (κ3) is 4.37. The quantitative estimate of drug-likeness (QED) is 0.458. The van der Waals surface area contributed by atoms with Crippen LogP contribution in [0.25, 0.3) is 21.9 Å². The molecule has 156 valence electrons. The molecule has 0 aliphatic carbocycles. The highest BCUT2D eigenvalue weighted by Gasteiger charge is 2.32. The van der Waals surface area contributed by atoms with Crippen LogP contribution >= 0.6 is 0 Å². The molecule has 2 aromatic heterocycles. The van der Waals surface area contributed by atoms with Crippen molar-refractivity contribution in [3.8, 4) is 6.07 Å². The van der Waals surface area contributed by atoms with Crippen molar-refractivity contribution in [2.75, 3.05) is 0 Å². The van der Waals surface area contributed by atoms with Gasteiger partial charge in [-0.25, -0.2) is 13.8 Å². The van der Waals surface area contributed by atoms with Crippen LogP contribution in [0.3, 0.4) is 0 Å². The average molecular weight is 422 g/mol. The lowest BCUT2D eigenvalue weighted by Gasteiger charge is -2.16. The molecule has 0 aliphatic rings. The number of aromatic nitrogens is 3. The van der Waals surface area contributed by atoms with Crippen LogP contribution in [-0.4, -0.2) is 32.8 Å². The third-order valence-corrected chi connectivity index (χ3v) is 4.22. The van der Waals surface area contributed by atoms with Crippen molar-refractivity contribution in [1.82, 2.24) is 19.9 Å². The summed E-state index contributed by atoms with van der Waals surface area (Å²) in [7, 11) is 0. The van der Waals surface area contributed by atoms with Gasteiger partial charge in [-0.2, -0.15) is 18.4 Å². The Balaban J connectivity index is 2.13. The fourth-order valence-electron chi connectivity index (χ4n) is 2.97. The van der Waals surface area contributed by atoms with Crippen molar-refractivity contribution < 1.29 is 22.0 Å². The molecule has 2 N–H and O–H groups in total. The molecular formula is C19H15F5N6.